The van der Waals surface area contributed by atoms with Crippen LogP contribution in [0.4, 0.5) is 0 Å². The van der Waals surface area contributed by atoms with E-state index in [2.05, 4.69) is 4.74 Å². The van der Waals surface area contributed by atoms with Crippen molar-refractivity contribution < 1.29 is 13.9 Å². The first kappa shape index (κ1) is 7.85. The van der Waals surface area contributed by atoms with Crippen molar-refractivity contribution in [3.63, 3.8) is 0 Å². The van der Waals surface area contributed by atoms with Gasteiger partial charge in [-0.1, -0.05) is 0 Å². The van der Waals surface area contributed by atoms with Crippen molar-refractivity contribution in [3.05, 3.63) is 23.2 Å². The van der Waals surface area contributed by atoms with Crippen molar-refractivity contribution in [2.24, 2.45) is 0 Å². The van der Waals surface area contributed by atoms with E-state index in [1.807, 2.05) is 0 Å². The SMILES string of the molecule is COC(=O)c1cc(C)oc1C. The summed E-state index contributed by atoms with van der Waals surface area (Å²) in [6.45, 7) is 3.53. The van der Waals surface area contributed by atoms with Crippen molar-refractivity contribution >= 4 is 5.97 Å². The molecule has 0 aliphatic heterocycles. The number of methoxy groups -OCH3 is 1. The zero-order valence-electron chi connectivity index (χ0n) is 6.80. The molecule has 0 fully saturated rings. The van der Waals surface area contributed by atoms with Gasteiger partial charge < -0.3 is 9.15 Å². The first-order valence-corrected chi connectivity index (χ1v) is 3.30. The van der Waals surface area contributed by atoms with E-state index in [4.69, 9.17) is 4.42 Å². The molecule has 0 bridgehead atoms. The van der Waals surface area contributed by atoms with Gasteiger partial charge in [0.15, 0.2) is 0 Å². The molecular weight excluding hydrogens is 144 g/mol. The van der Waals surface area contributed by atoms with Gasteiger partial charge in [0.2, 0.25) is 0 Å². The molecule has 1 aromatic heterocycles. The Morgan fingerprint density at radius 1 is 1.55 bits per heavy atom. The Bertz CT molecular complexity index is 273. The van der Waals surface area contributed by atoms with Crippen LogP contribution in [0.25, 0.3) is 0 Å². The summed E-state index contributed by atoms with van der Waals surface area (Å²) in [4.78, 5) is 11.0. The van der Waals surface area contributed by atoms with Crippen molar-refractivity contribution in [1.29, 1.82) is 0 Å². The van der Waals surface area contributed by atoms with E-state index in [0.29, 0.717) is 11.3 Å². The summed E-state index contributed by atoms with van der Waals surface area (Å²) in [7, 11) is 1.35. The van der Waals surface area contributed by atoms with Crippen LogP contribution < -0.4 is 0 Å². The van der Waals surface area contributed by atoms with E-state index >= 15 is 0 Å². The third kappa shape index (κ3) is 1.42. The Kier molecular flexibility index (Phi) is 1.98. The number of hydrogen-bond donors (Lipinski definition) is 0. The van der Waals surface area contributed by atoms with Crippen LogP contribution >= 0.6 is 0 Å². The van der Waals surface area contributed by atoms with Gasteiger partial charge in [0.05, 0.1) is 7.11 Å². The largest absolute Gasteiger partial charge is 0.466 e. The van der Waals surface area contributed by atoms with E-state index in [-0.39, 0.29) is 5.97 Å². The third-order valence-electron chi connectivity index (χ3n) is 1.45. The number of hydrogen-bond acceptors (Lipinski definition) is 3. The van der Waals surface area contributed by atoms with Crippen LogP contribution in [0.5, 0.6) is 0 Å². The van der Waals surface area contributed by atoms with Crippen LogP contribution in [-0.4, -0.2) is 13.1 Å². The number of ether oxygens (including phenoxy) is 1. The zero-order valence-corrected chi connectivity index (χ0v) is 6.80. The number of carbonyl (C=O) groups excluding carboxylic acids is 1. The summed E-state index contributed by atoms with van der Waals surface area (Å²) in [6.07, 6.45) is 0. The van der Waals surface area contributed by atoms with Crippen LogP contribution in [-0.2, 0) is 4.74 Å². The second-order valence-electron chi connectivity index (χ2n) is 2.32. The Morgan fingerprint density at radius 3 is 2.55 bits per heavy atom. The minimum absolute atomic E-state index is 0.348. The topological polar surface area (TPSA) is 39.4 Å². The van der Waals surface area contributed by atoms with Crippen molar-refractivity contribution in [2.45, 2.75) is 13.8 Å². The Labute approximate surface area is 65.0 Å². The van der Waals surface area contributed by atoms with Crippen molar-refractivity contribution in [3.8, 4) is 0 Å². The van der Waals surface area contributed by atoms with Gasteiger partial charge in [0.25, 0.3) is 0 Å². The monoisotopic (exact) mass is 154 g/mol. The fourth-order valence-electron chi connectivity index (χ4n) is 0.943. The molecule has 0 amide bonds. The molecule has 0 aliphatic rings. The lowest BCUT2D eigenvalue weighted by Crippen LogP contribution is -2.00. The van der Waals surface area contributed by atoms with Crippen LogP contribution in [0.15, 0.2) is 10.5 Å². The van der Waals surface area contributed by atoms with E-state index in [1.54, 1.807) is 19.9 Å². The first-order chi connectivity index (χ1) is 5.15. The highest BCUT2D eigenvalue weighted by atomic mass is 16.5. The zero-order chi connectivity index (χ0) is 8.43. The van der Waals surface area contributed by atoms with E-state index in [9.17, 15) is 4.79 Å². The molecule has 0 atom stereocenters. The lowest BCUT2D eigenvalue weighted by Gasteiger charge is -1.93. The molecule has 3 nitrogen and oxygen atoms in total. The second kappa shape index (κ2) is 2.78. The quantitative estimate of drug-likeness (QED) is 0.578. The molecule has 0 aromatic carbocycles. The number of esters is 1. The summed E-state index contributed by atoms with van der Waals surface area (Å²) in [5.41, 5.74) is 0.505. The van der Waals surface area contributed by atoms with Crippen molar-refractivity contribution in [1.82, 2.24) is 0 Å². The van der Waals surface area contributed by atoms with E-state index in [0.717, 1.165) is 5.76 Å². The highest BCUT2D eigenvalue weighted by Gasteiger charge is 2.12. The molecule has 0 saturated carbocycles. The highest BCUT2D eigenvalue weighted by Crippen LogP contribution is 2.13. The normalized spacial score (nSPS) is 9.73. The molecule has 3 heteroatoms. The fraction of sp³-hybridized carbons (Fsp3) is 0.375. The van der Waals surface area contributed by atoms with E-state index < -0.39 is 0 Å². The molecule has 1 rings (SSSR count). The molecule has 0 spiro atoms. The van der Waals surface area contributed by atoms with Gasteiger partial charge in [-0.05, 0) is 19.9 Å². The average Bonchev–Trinajstić information content (AvgIpc) is 2.28. The maximum atomic E-state index is 11.0. The van der Waals surface area contributed by atoms with Gasteiger partial charge >= 0.3 is 5.97 Å². The molecule has 0 N–H and O–H groups in total. The molecular formula is C8H10O3. The lowest BCUT2D eigenvalue weighted by atomic mass is 10.2. The van der Waals surface area contributed by atoms with Gasteiger partial charge in [-0.3, -0.25) is 0 Å². The summed E-state index contributed by atoms with van der Waals surface area (Å²) >= 11 is 0. The van der Waals surface area contributed by atoms with Gasteiger partial charge in [0.1, 0.15) is 17.1 Å². The minimum Gasteiger partial charge on any atom is -0.466 e. The standard InChI is InChI=1S/C8H10O3/c1-5-4-7(6(2)11-5)8(9)10-3/h4H,1-3H3. The number of carbonyl (C=O) groups is 1. The summed E-state index contributed by atoms with van der Waals surface area (Å²) < 4.78 is 9.67. The van der Waals surface area contributed by atoms with Gasteiger partial charge in [-0.2, -0.15) is 0 Å². The minimum atomic E-state index is -0.348. The molecule has 11 heavy (non-hydrogen) atoms. The van der Waals surface area contributed by atoms with Crippen molar-refractivity contribution in [2.75, 3.05) is 7.11 Å². The first-order valence-electron chi connectivity index (χ1n) is 3.30. The number of rotatable bonds is 1. The predicted molar refractivity (Wildman–Crippen MR) is 39.5 cm³/mol. The van der Waals surface area contributed by atoms with Crippen LogP contribution in [0.1, 0.15) is 21.9 Å². The second-order valence-corrected chi connectivity index (χ2v) is 2.32. The van der Waals surface area contributed by atoms with Crippen LogP contribution in [0.2, 0.25) is 0 Å². The van der Waals surface area contributed by atoms with Gasteiger partial charge in [0, 0.05) is 0 Å². The van der Waals surface area contributed by atoms with E-state index in [1.165, 1.54) is 7.11 Å². The number of aryl methyl sites for hydroxylation is 2. The highest BCUT2D eigenvalue weighted by molar-refractivity contribution is 5.90. The molecule has 1 aromatic rings. The summed E-state index contributed by atoms with van der Waals surface area (Å²) in [5.74, 6) is 0.983. The smallest absolute Gasteiger partial charge is 0.341 e. The lowest BCUT2D eigenvalue weighted by molar-refractivity contribution is 0.0599. The summed E-state index contributed by atoms with van der Waals surface area (Å²) in [6, 6.07) is 1.67. The molecule has 0 saturated heterocycles. The molecule has 0 radical (unpaired) electrons. The molecule has 1 heterocycles. The van der Waals surface area contributed by atoms with Crippen LogP contribution in [0, 0.1) is 13.8 Å². The molecule has 0 unspecified atom stereocenters. The third-order valence-corrected chi connectivity index (χ3v) is 1.45. The maximum absolute atomic E-state index is 11.0. The average molecular weight is 154 g/mol. The predicted octanol–water partition coefficient (Wildman–Crippen LogP) is 1.68. The Balaban J connectivity index is 3.03. The Hall–Kier alpha value is -1.25. The van der Waals surface area contributed by atoms with Gasteiger partial charge in [-0.25, -0.2) is 4.79 Å². The molecule has 60 valence electrons. The number of furan rings is 1. The van der Waals surface area contributed by atoms with Gasteiger partial charge in [-0.15, -0.1) is 0 Å². The fourth-order valence-corrected chi connectivity index (χ4v) is 0.943. The van der Waals surface area contributed by atoms with Crippen LogP contribution in [0.3, 0.4) is 0 Å². The molecule has 0 aliphatic carbocycles. The maximum Gasteiger partial charge on any atom is 0.341 e. The Morgan fingerprint density at radius 2 is 2.18 bits per heavy atom. The summed E-state index contributed by atoms with van der Waals surface area (Å²) in [5, 5.41) is 0.